The van der Waals surface area contributed by atoms with Crippen molar-refractivity contribution in [3.63, 3.8) is 0 Å². The monoisotopic (exact) mass is 447 g/mol. The lowest BCUT2D eigenvalue weighted by Gasteiger charge is -2.39. The van der Waals surface area contributed by atoms with Gasteiger partial charge in [-0.05, 0) is 43.7 Å². The number of hydrogen-bond acceptors (Lipinski definition) is 5. The lowest BCUT2D eigenvalue weighted by Crippen LogP contribution is -2.50. The van der Waals surface area contributed by atoms with Gasteiger partial charge in [0.25, 0.3) is 0 Å². The van der Waals surface area contributed by atoms with Crippen LogP contribution in [0.1, 0.15) is 38.5 Å². The van der Waals surface area contributed by atoms with Gasteiger partial charge >= 0.3 is 12.1 Å². The van der Waals surface area contributed by atoms with Gasteiger partial charge in [-0.3, -0.25) is 4.79 Å². The first kappa shape index (κ1) is 23.2. The normalized spacial score (nSPS) is 25.7. The van der Waals surface area contributed by atoms with Crippen molar-refractivity contribution in [1.82, 2.24) is 9.88 Å². The summed E-state index contributed by atoms with van der Waals surface area (Å²) in [7, 11) is 0. The van der Waals surface area contributed by atoms with Crippen LogP contribution in [0, 0.1) is 11.7 Å². The number of hydrogen-bond donors (Lipinski definition) is 2. The van der Waals surface area contributed by atoms with E-state index in [1.807, 2.05) is 4.90 Å². The number of ether oxygens (including phenoxy) is 1. The maximum absolute atomic E-state index is 13.8. The predicted molar refractivity (Wildman–Crippen MR) is 102 cm³/mol. The number of nitrogens with one attached hydrogen (secondary N) is 1. The molecule has 3 heterocycles. The number of aliphatic carboxylic acids is 1. The topological polar surface area (TPSA) is 91.8 Å². The number of carbonyl (C=O) groups excluding carboxylic acids is 1. The molecule has 0 aromatic carbocycles. The summed E-state index contributed by atoms with van der Waals surface area (Å²) in [6.45, 7) is 2.03. The van der Waals surface area contributed by atoms with Crippen LogP contribution in [-0.4, -0.2) is 64.4 Å². The number of piperidine rings is 1. The van der Waals surface area contributed by atoms with E-state index in [9.17, 15) is 22.4 Å². The van der Waals surface area contributed by atoms with Crippen LogP contribution in [0.4, 0.5) is 23.4 Å². The number of alkyl halides is 3. The van der Waals surface area contributed by atoms with Crippen molar-refractivity contribution in [3.8, 4) is 0 Å². The fourth-order valence-electron chi connectivity index (χ4n) is 3.92. The van der Waals surface area contributed by atoms with Crippen molar-refractivity contribution < 1.29 is 37.0 Å². The molecule has 0 radical (unpaired) electrons. The lowest BCUT2D eigenvalue weighted by molar-refractivity contribution is -0.192. The number of carboxylic acid groups (broad SMARTS) is 1. The van der Waals surface area contributed by atoms with Crippen LogP contribution in [0.2, 0.25) is 0 Å². The van der Waals surface area contributed by atoms with Gasteiger partial charge in [-0.15, -0.1) is 0 Å². The van der Waals surface area contributed by atoms with E-state index >= 15 is 0 Å². The maximum Gasteiger partial charge on any atom is 0.490 e. The van der Waals surface area contributed by atoms with E-state index in [1.54, 1.807) is 12.3 Å². The highest BCUT2D eigenvalue weighted by molar-refractivity contribution is 5.77. The molecule has 172 valence electrons. The number of carboxylic acids is 1. The van der Waals surface area contributed by atoms with Crippen molar-refractivity contribution in [2.75, 3.05) is 25.0 Å². The molecule has 2 N–H and O–H groups in total. The molecular weight excluding hydrogens is 422 g/mol. The highest BCUT2D eigenvalue weighted by Crippen LogP contribution is 2.38. The van der Waals surface area contributed by atoms with Gasteiger partial charge in [-0.25, -0.2) is 14.2 Å². The average Bonchev–Trinajstić information content (AvgIpc) is 3.44. The van der Waals surface area contributed by atoms with Crippen molar-refractivity contribution in [2.24, 2.45) is 5.92 Å². The van der Waals surface area contributed by atoms with Crippen LogP contribution < -0.4 is 5.32 Å². The van der Waals surface area contributed by atoms with E-state index < -0.39 is 12.1 Å². The molecule has 1 aromatic rings. The number of aromatic nitrogens is 1. The van der Waals surface area contributed by atoms with Crippen molar-refractivity contribution in [1.29, 1.82) is 0 Å². The van der Waals surface area contributed by atoms with E-state index in [-0.39, 0.29) is 29.2 Å². The third-order valence-corrected chi connectivity index (χ3v) is 5.60. The minimum Gasteiger partial charge on any atom is -0.475 e. The van der Waals surface area contributed by atoms with Gasteiger partial charge in [0.15, 0.2) is 11.6 Å². The average molecular weight is 447 g/mol. The summed E-state index contributed by atoms with van der Waals surface area (Å²) in [5, 5.41) is 10.3. The molecule has 0 bridgehead atoms. The number of halogens is 4. The first-order chi connectivity index (χ1) is 14.6. The van der Waals surface area contributed by atoms with E-state index in [0.29, 0.717) is 25.5 Å². The molecule has 1 amide bonds. The Kier molecular flexibility index (Phi) is 7.03. The number of amides is 1. The van der Waals surface area contributed by atoms with Crippen LogP contribution in [0.25, 0.3) is 0 Å². The molecule has 1 saturated carbocycles. The zero-order valence-electron chi connectivity index (χ0n) is 16.8. The van der Waals surface area contributed by atoms with E-state index in [2.05, 4.69) is 10.3 Å². The molecule has 2 saturated heterocycles. The quantitative estimate of drug-likeness (QED) is 0.689. The van der Waals surface area contributed by atoms with E-state index in [4.69, 9.17) is 14.6 Å². The van der Waals surface area contributed by atoms with Gasteiger partial charge < -0.3 is 20.1 Å². The Hall–Kier alpha value is -2.43. The van der Waals surface area contributed by atoms with Gasteiger partial charge in [-0.1, -0.05) is 0 Å². The molecule has 11 heteroatoms. The Labute approximate surface area is 176 Å². The number of likely N-dealkylation sites (tertiary alicyclic amines) is 1. The van der Waals surface area contributed by atoms with Crippen molar-refractivity contribution in [3.05, 3.63) is 24.1 Å². The second kappa shape index (κ2) is 9.37. The first-order valence-corrected chi connectivity index (χ1v) is 10.2. The van der Waals surface area contributed by atoms with E-state index in [0.717, 1.165) is 25.8 Å². The minimum absolute atomic E-state index is 0.0351. The van der Waals surface area contributed by atoms with Gasteiger partial charge in [-0.2, -0.15) is 13.2 Å². The standard InChI is InChI=1S/C18H24FN3O2.C2HF3O2/c19-15-3-1-7-20-17(15)21-14-10-18(24-11-14)6-2-8-22(12-18)16(23)9-13-4-5-13;3-2(4,5)1(6)7/h1,3,7,13-14H,2,4-6,8-12H2,(H,20,21);(H,6,7). The molecule has 2 aliphatic heterocycles. The molecular formula is C20H25F4N3O4. The fraction of sp³-hybridized carbons (Fsp3) is 0.650. The predicted octanol–water partition coefficient (Wildman–Crippen LogP) is 3.22. The number of anilines is 1. The van der Waals surface area contributed by atoms with Crippen molar-refractivity contribution >= 4 is 17.7 Å². The van der Waals surface area contributed by atoms with Gasteiger partial charge in [0.2, 0.25) is 5.91 Å². The molecule has 1 spiro atoms. The van der Waals surface area contributed by atoms with Crippen molar-refractivity contribution in [2.45, 2.75) is 56.3 Å². The summed E-state index contributed by atoms with van der Waals surface area (Å²) in [4.78, 5) is 27.3. The summed E-state index contributed by atoms with van der Waals surface area (Å²) in [5.74, 6) is -1.94. The number of pyridine rings is 1. The van der Waals surface area contributed by atoms with Gasteiger partial charge in [0.05, 0.1) is 18.2 Å². The second-order valence-corrected chi connectivity index (χ2v) is 8.24. The Bertz CT molecular complexity index is 803. The Morgan fingerprint density at radius 3 is 2.68 bits per heavy atom. The number of nitrogens with zero attached hydrogens (tertiary/aromatic N) is 2. The third kappa shape index (κ3) is 6.52. The van der Waals surface area contributed by atoms with Gasteiger partial charge in [0.1, 0.15) is 0 Å². The lowest BCUT2D eigenvalue weighted by atomic mass is 9.88. The minimum atomic E-state index is -5.08. The highest BCUT2D eigenvalue weighted by Gasteiger charge is 2.45. The second-order valence-electron chi connectivity index (χ2n) is 8.24. The first-order valence-electron chi connectivity index (χ1n) is 10.2. The molecule has 1 aliphatic carbocycles. The molecule has 3 fully saturated rings. The third-order valence-electron chi connectivity index (χ3n) is 5.60. The van der Waals surface area contributed by atoms with Crippen LogP contribution in [-0.2, 0) is 14.3 Å². The molecule has 2 atom stereocenters. The summed E-state index contributed by atoms with van der Waals surface area (Å²) in [5.41, 5.74) is -0.277. The van der Waals surface area contributed by atoms with Crippen LogP contribution in [0.3, 0.4) is 0 Å². The summed E-state index contributed by atoms with van der Waals surface area (Å²) < 4.78 is 51.6. The molecule has 31 heavy (non-hydrogen) atoms. The Balaban J connectivity index is 0.000000339. The Morgan fingerprint density at radius 2 is 2.06 bits per heavy atom. The fourth-order valence-corrected chi connectivity index (χ4v) is 3.92. The summed E-state index contributed by atoms with van der Waals surface area (Å²) in [6, 6.07) is 3.02. The SMILES string of the molecule is O=C(CC1CC1)N1CCCC2(CC(Nc3ncccc3F)CO2)C1.O=C(O)C(F)(F)F. The molecule has 4 rings (SSSR count). The molecule has 1 aromatic heterocycles. The molecule has 2 unspecified atom stereocenters. The van der Waals surface area contributed by atoms with Gasteiger partial charge in [0, 0.05) is 32.1 Å². The smallest absolute Gasteiger partial charge is 0.475 e. The zero-order valence-corrected chi connectivity index (χ0v) is 16.8. The molecule has 7 nitrogen and oxygen atoms in total. The Morgan fingerprint density at radius 1 is 1.35 bits per heavy atom. The largest absolute Gasteiger partial charge is 0.490 e. The van der Waals surface area contributed by atoms with Crippen LogP contribution in [0.15, 0.2) is 18.3 Å². The van der Waals surface area contributed by atoms with Crippen LogP contribution >= 0.6 is 0 Å². The highest BCUT2D eigenvalue weighted by atomic mass is 19.4. The van der Waals surface area contributed by atoms with Crippen LogP contribution in [0.5, 0.6) is 0 Å². The zero-order chi connectivity index (χ0) is 22.6. The molecule has 3 aliphatic rings. The number of rotatable bonds is 4. The summed E-state index contributed by atoms with van der Waals surface area (Å²) >= 11 is 0. The van der Waals surface area contributed by atoms with E-state index in [1.165, 1.54) is 18.9 Å². The number of carbonyl (C=O) groups is 2. The maximum atomic E-state index is 13.8. The summed E-state index contributed by atoms with van der Waals surface area (Å²) in [6.07, 6.45) is 2.30.